The van der Waals surface area contributed by atoms with Crippen LogP contribution in [0.3, 0.4) is 0 Å². The van der Waals surface area contributed by atoms with E-state index in [0.717, 1.165) is 64.2 Å². The molecule has 1 aromatic rings. The fraction of sp³-hybridized carbons (Fsp3) is 0.722. The summed E-state index contributed by atoms with van der Waals surface area (Å²) in [6.07, 6.45) is 13.5. The number of fused-ring (bicyclic) bond motifs is 1. The van der Waals surface area contributed by atoms with Gasteiger partial charge in [-0.2, -0.15) is 0 Å². The van der Waals surface area contributed by atoms with Gasteiger partial charge >= 0.3 is 0 Å². The average Bonchev–Trinajstić information content (AvgIpc) is 3.86. The smallest absolute Gasteiger partial charge is 0.272 e. The second-order valence-corrected chi connectivity index (χ2v) is 15.9. The lowest BCUT2D eigenvalue weighted by Crippen LogP contribution is -2.63. The molecule has 4 aliphatic carbocycles. The van der Waals surface area contributed by atoms with Crippen LogP contribution in [0.5, 0.6) is 0 Å². The van der Waals surface area contributed by atoms with Crippen LogP contribution < -0.4 is 21.3 Å². The second kappa shape index (κ2) is 13.9. The Hall–Kier alpha value is -3.74. The minimum Gasteiger partial charge on any atom is -0.349 e. The van der Waals surface area contributed by atoms with E-state index in [1.807, 2.05) is 27.7 Å². The summed E-state index contributed by atoms with van der Waals surface area (Å²) in [5, 5.41) is 12.2. The minimum atomic E-state index is -1.39. The second-order valence-electron chi connectivity index (χ2n) is 15.9. The Labute approximate surface area is 287 Å². The zero-order chi connectivity index (χ0) is 35.1. The third-order valence-electron chi connectivity index (χ3n) is 11.4. The molecule has 49 heavy (non-hydrogen) atoms. The van der Waals surface area contributed by atoms with E-state index in [9.17, 15) is 28.8 Å². The molecule has 0 radical (unpaired) electrons. The van der Waals surface area contributed by atoms with Crippen molar-refractivity contribution in [2.75, 3.05) is 6.54 Å². The summed E-state index contributed by atoms with van der Waals surface area (Å²) in [6.45, 7) is 7.85. The van der Waals surface area contributed by atoms with Crippen molar-refractivity contribution in [3.05, 3.63) is 24.3 Å². The molecule has 4 saturated carbocycles. The van der Waals surface area contributed by atoms with Crippen LogP contribution in [0.4, 0.5) is 0 Å². The number of hydrogen-bond donors (Lipinski definition) is 4. The molecule has 2 heterocycles. The largest absolute Gasteiger partial charge is 0.349 e. The van der Waals surface area contributed by atoms with Gasteiger partial charge in [-0.15, -0.1) is 0 Å². The molecule has 1 aliphatic heterocycles. The first kappa shape index (κ1) is 35.1. The van der Waals surface area contributed by atoms with E-state index < -0.39 is 58.5 Å². The summed E-state index contributed by atoms with van der Waals surface area (Å²) in [6, 6.07) is -3.28. The van der Waals surface area contributed by atoms with Gasteiger partial charge in [0.2, 0.25) is 29.3 Å². The number of carbonyl (C=O) groups is 6. The molecule has 6 unspecified atom stereocenters. The number of nitrogens with one attached hydrogen (secondary N) is 4. The highest BCUT2D eigenvalue weighted by atomic mass is 16.2. The molecular formula is C36H51N7O6. The Bertz CT molecular complexity index is 1450. The van der Waals surface area contributed by atoms with Gasteiger partial charge in [-0.1, -0.05) is 53.4 Å². The van der Waals surface area contributed by atoms with Crippen molar-refractivity contribution < 1.29 is 28.8 Å². The molecule has 13 nitrogen and oxygen atoms in total. The van der Waals surface area contributed by atoms with Gasteiger partial charge in [-0.05, 0) is 68.1 Å². The average molecular weight is 678 g/mol. The van der Waals surface area contributed by atoms with Gasteiger partial charge in [0, 0.05) is 25.0 Å². The molecule has 0 bridgehead atoms. The molecule has 4 amide bonds. The monoisotopic (exact) mass is 677 g/mol. The molecule has 0 spiro atoms. The van der Waals surface area contributed by atoms with E-state index in [2.05, 4.69) is 31.2 Å². The quantitative estimate of drug-likeness (QED) is 0.190. The zero-order valence-corrected chi connectivity index (χ0v) is 29.1. The Morgan fingerprint density at radius 2 is 1.63 bits per heavy atom. The van der Waals surface area contributed by atoms with Gasteiger partial charge in [0.1, 0.15) is 23.8 Å². The minimum absolute atomic E-state index is 0.0584. The topological polar surface area (TPSA) is 180 Å². The van der Waals surface area contributed by atoms with Gasteiger partial charge in [-0.25, -0.2) is 4.98 Å². The number of ketones is 2. The van der Waals surface area contributed by atoms with Crippen LogP contribution in [0.1, 0.15) is 109 Å². The normalized spacial score (nSPS) is 26.8. The van der Waals surface area contributed by atoms with Crippen molar-refractivity contribution in [1.29, 1.82) is 0 Å². The number of amides is 4. The van der Waals surface area contributed by atoms with Crippen LogP contribution >= 0.6 is 0 Å². The Kier molecular flexibility index (Phi) is 9.94. The highest BCUT2D eigenvalue weighted by Gasteiger charge is 2.71. The molecule has 1 aromatic heterocycles. The first-order valence-electron chi connectivity index (χ1n) is 18.2. The lowest BCUT2D eigenvalue weighted by atomic mass is 9.82. The van der Waals surface area contributed by atoms with E-state index in [0.29, 0.717) is 13.0 Å². The number of likely N-dealkylation sites (tertiary alicyclic amines) is 1. The van der Waals surface area contributed by atoms with E-state index in [1.54, 1.807) is 4.90 Å². The summed E-state index contributed by atoms with van der Waals surface area (Å²) >= 11 is 0. The van der Waals surface area contributed by atoms with Gasteiger partial charge in [0.05, 0.1) is 12.2 Å². The van der Waals surface area contributed by atoms with E-state index >= 15 is 0 Å². The van der Waals surface area contributed by atoms with Crippen LogP contribution in [0.15, 0.2) is 18.6 Å². The first-order chi connectivity index (χ1) is 23.4. The van der Waals surface area contributed by atoms with Crippen molar-refractivity contribution in [3.8, 4) is 0 Å². The molecular weight excluding hydrogens is 626 g/mol. The Morgan fingerprint density at radius 1 is 0.918 bits per heavy atom. The fourth-order valence-electron chi connectivity index (χ4n) is 8.53. The van der Waals surface area contributed by atoms with Crippen molar-refractivity contribution in [2.24, 2.45) is 23.2 Å². The molecule has 266 valence electrons. The van der Waals surface area contributed by atoms with E-state index in [1.165, 1.54) is 18.6 Å². The molecule has 0 aromatic carbocycles. The highest BCUT2D eigenvalue weighted by molar-refractivity contribution is 6.67. The molecule has 5 aliphatic rings. The number of aromatic nitrogens is 2. The summed E-state index contributed by atoms with van der Waals surface area (Å²) in [5.41, 5.74) is -2.01. The third-order valence-corrected chi connectivity index (χ3v) is 11.4. The van der Waals surface area contributed by atoms with Crippen molar-refractivity contribution >= 4 is 35.2 Å². The standard InChI is InChI=1S/C36H51N7O6/c1-5-25(36(29(44)30(36)45)42-22-14-15-22)39-33(48)27-23-13-9-12-21(23)19-43(27)34(49)28(35(2,3)4)41-32(47)26(20-10-7-6-8-11-20)40-31(46)24-18-37-16-17-38-24/h16-18,20-23,25-28,42H,5-15,19H2,1-4H3,(H,39,48)(H,40,46)(H,41,47). The van der Waals surface area contributed by atoms with E-state index in [4.69, 9.17) is 0 Å². The molecule has 6 rings (SSSR count). The molecule has 1 saturated heterocycles. The van der Waals surface area contributed by atoms with Gasteiger partial charge in [-0.3, -0.25) is 39.1 Å². The SMILES string of the molecule is CCC(NC(=O)C1C2CCCC2CN1C(=O)C(NC(=O)C(NC(=O)c1cnccn1)C1CCCCC1)C(C)(C)C)C1(NC2CC2)C(=O)C1=O. The molecule has 4 N–H and O–H groups in total. The number of hydrogen-bond acceptors (Lipinski definition) is 9. The predicted octanol–water partition coefficient (Wildman–Crippen LogP) is 1.85. The maximum Gasteiger partial charge on any atom is 0.272 e. The maximum absolute atomic E-state index is 14.6. The van der Waals surface area contributed by atoms with Crippen LogP contribution in [0.2, 0.25) is 0 Å². The van der Waals surface area contributed by atoms with Crippen LogP contribution in [-0.2, 0) is 24.0 Å². The summed E-state index contributed by atoms with van der Waals surface area (Å²) in [5.74, 6) is -2.69. The lowest BCUT2D eigenvalue weighted by molar-refractivity contribution is -0.145. The zero-order valence-electron chi connectivity index (χ0n) is 29.1. The van der Waals surface area contributed by atoms with Crippen molar-refractivity contribution in [1.82, 2.24) is 36.1 Å². The van der Waals surface area contributed by atoms with Gasteiger partial charge in [0.25, 0.3) is 5.91 Å². The number of Topliss-reactive ketones (excluding diaryl/α,β-unsaturated/α-hetero) is 2. The fourth-order valence-corrected chi connectivity index (χ4v) is 8.53. The predicted molar refractivity (Wildman–Crippen MR) is 179 cm³/mol. The third kappa shape index (κ3) is 7.00. The number of rotatable bonds is 12. The van der Waals surface area contributed by atoms with Gasteiger partial charge in [0.15, 0.2) is 5.54 Å². The highest BCUT2D eigenvalue weighted by Crippen LogP contribution is 2.44. The Morgan fingerprint density at radius 3 is 2.22 bits per heavy atom. The molecule has 6 atom stereocenters. The molecule has 13 heteroatoms. The first-order valence-corrected chi connectivity index (χ1v) is 18.2. The van der Waals surface area contributed by atoms with Crippen LogP contribution in [0, 0.1) is 23.2 Å². The van der Waals surface area contributed by atoms with Crippen molar-refractivity contribution in [3.63, 3.8) is 0 Å². The van der Waals surface area contributed by atoms with Gasteiger partial charge < -0.3 is 20.9 Å². The summed E-state index contributed by atoms with van der Waals surface area (Å²) in [4.78, 5) is 91.3. The molecule has 5 fully saturated rings. The van der Waals surface area contributed by atoms with E-state index in [-0.39, 0.29) is 41.3 Å². The van der Waals surface area contributed by atoms with Crippen LogP contribution in [-0.4, -0.2) is 92.4 Å². The van der Waals surface area contributed by atoms with Crippen LogP contribution in [0.25, 0.3) is 0 Å². The number of carbonyl (C=O) groups excluding carboxylic acids is 6. The Balaban J connectivity index is 1.22. The number of nitrogens with zero attached hydrogens (tertiary/aromatic N) is 3. The summed E-state index contributed by atoms with van der Waals surface area (Å²) in [7, 11) is 0. The lowest BCUT2D eigenvalue weighted by Gasteiger charge is -2.38. The maximum atomic E-state index is 14.6. The summed E-state index contributed by atoms with van der Waals surface area (Å²) < 4.78 is 0. The van der Waals surface area contributed by atoms with Crippen molar-refractivity contribution in [2.45, 2.75) is 134 Å².